The first-order valence-electron chi connectivity index (χ1n) is 10.2. The summed E-state index contributed by atoms with van der Waals surface area (Å²) in [6, 6.07) is 6.88. The van der Waals surface area contributed by atoms with Crippen LogP contribution in [0.4, 0.5) is 14.7 Å². The molecule has 2 heterocycles. The molecule has 2 aromatic carbocycles. The average Bonchev–Trinajstić information content (AvgIpc) is 3.26. The van der Waals surface area contributed by atoms with E-state index >= 15 is 0 Å². The Morgan fingerprint density at radius 2 is 2.06 bits per heavy atom. The molecule has 34 heavy (non-hydrogen) atoms. The smallest absolute Gasteiger partial charge is 0.252 e. The van der Waals surface area contributed by atoms with E-state index in [1.165, 1.54) is 30.5 Å². The first-order valence-corrected chi connectivity index (χ1v) is 10.2. The summed E-state index contributed by atoms with van der Waals surface area (Å²) in [4.78, 5) is 21.3. The van der Waals surface area contributed by atoms with Gasteiger partial charge < -0.3 is 15.7 Å². The van der Waals surface area contributed by atoms with Crippen LogP contribution in [0, 0.1) is 24.0 Å². The molecule has 4 aromatic rings. The molecule has 172 valence electrons. The summed E-state index contributed by atoms with van der Waals surface area (Å²) in [5.74, 6) is 0.677. The topological polar surface area (TPSA) is 105 Å². The molecule has 3 N–H and O–H groups in total. The van der Waals surface area contributed by atoms with Crippen molar-refractivity contribution in [3.8, 4) is 12.3 Å². The lowest BCUT2D eigenvalue weighted by Crippen LogP contribution is -2.29. The number of aliphatic hydroxyl groups is 1. The number of aryl methyl sites for hydroxylation is 1. The first-order chi connectivity index (χ1) is 16.4. The van der Waals surface area contributed by atoms with Crippen molar-refractivity contribution in [2.24, 2.45) is 7.05 Å². The molecule has 0 saturated carbocycles. The van der Waals surface area contributed by atoms with Crippen molar-refractivity contribution in [2.75, 3.05) is 11.9 Å². The highest BCUT2D eigenvalue weighted by Crippen LogP contribution is 2.24. The zero-order valence-electron chi connectivity index (χ0n) is 18.0. The number of hydrogen-bond acceptors (Lipinski definition) is 6. The molecule has 0 aliphatic heterocycles. The number of rotatable bonds is 7. The molecule has 8 nitrogen and oxygen atoms in total. The van der Waals surface area contributed by atoms with E-state index < -0.39 is 29.6 Å². The molecule has 2 atom stereocenters. The van der Waals surface area contributed by atoms with Crippen LogP contribution in [0.15, 0.2) is 55.0 Å². The Morgan fingerprint density at radius 3 is 2.74 bits per heavy atom. The Bertz CT molecular complexity index is 1400. The third kappa shape index (κ3) is 4.84. The Hall–Kier alpha value is -4.36. The number of hydrogen-bond donors (Lipinski definition) is 3. The summed E-state index contributed by atoms with van der Waals surface area (Å²) in [7, 11) is 1.72. The number of aliphatic hydroxyl groups excluding tert-OH is 1. The van der Waals surface area contributed by atoms with Gasteiger partial charge in [0.2, 0.25) is 5.95 Å². The van der Waals surface area contributed by atoms with Gasteiger partial charge in [-0.15, -0.1) is 6.42 Å². The van der Waals surface area contributed by atoms with E-state index in [9.17, 15) is 18.7 Å². The minimum absolute atomic E-state index is 0.00982. The van der Waals surface area contributed by atoms with Crippen molar-refractivity contribution in [3.63, 3.8) is 0 Å². The summed E-state index contributed by atoms with van der Waals surface area (Å²) in [6.07, 6.45) is 9.84. The monoisotopic (exact) mass is 462 g/mol. The van der Waals surface area contributed by atoms with Crippen LogP contribution in [0.25, 0.3) is 10.9 Å². The minimum atomic E-state index is -0.723. The molecule has 0 aliphatic carbocycles. The molecular formula is C24H20F2N6O2. The molecule has 10 heteroatoms. The number of carbonyl (C=O) groups is 1. The fourth-order valence-electron chi connectivity index (χ4n) is 3.44. The van der Waals surface area contributed by atoms with Crippen molar-refractivity contribution < 1.29 is 18.7 Å². The quantitative estimate of drug-likeness (QED) is 0.365. The van der Waals surface area contributed by atoms with Crippen LogP contribution >= 0.6 is 0 Å². The fraction of sp³-hybridized carbons (Fsp3) is 0.167. The van der Waals surface area contributed by atoms with Crippen molar-refractivity contribution in [1.82, 2.24) is 25.1 Å². The maximum Gasteiger partial charge on any atom is 0.252 e. The lowest BCUT2D eigenvalue weighted by atomic mass is 10.0. The number of halogens is 2. The highest BCUT2D eigenvalue weighted by atomic mass is 19.1. The molecule has 0 radical (unpaired) electrons. The summed E-state index contributed by atoms with van der Waals surface area (Å²) >= 11 is 0. The number of amides is 1. The molecule has 0 fully saturated rings. The van der Waals surface area contributed by atoms with Gasteiger partial charge >= 0.3 is 0 Å². The van der Waals surface area contributed by atoms with E-state index in [4.69, 9.17) is 6.42 Å². The molecule has 1 amide bonds. The van der Waals surface area contributed by atoms with Crippen LogP contribution in [0.2, 0.25) is 0 Å². The number of nitrogens with zero attached hydrogens (tertiary/aromatic N) is 4. The Balaban J connectivity index is 1.68. The molecule has 2 aromatic heterocycles. The Kier molecular flexibility index (Phi) is 6.47. The van der Waals surface area contributed by atoms with Crippen molar-refractivity contribution in [1.29, 1.82) is 0 Å². The van der Waals surface area contributed by atoms with E-state index in [1.807, 2.05) is 0 Å². The summed E-state index contributed by atoms with van der Waals surface area (Å²) in [6.45, 7) is -0.343. The van der Waals surface area contributed by atoms with Crippen LogP contribution in [0.5, 0.6) is 0 Å². The largest absolute Gasteiger partial charge is 0.393 e. The van der Waals surface area contributed by atoms with Crippen molar-refractivity contribution in [2.45, 2.75) is 12.1 Å². The average molecular weight is 462 g/mol. The first kappa shape index (κ1) is 22.8. The van der Waals surface area contributed by atoms with E-state index in [1.54, 1.807) is 30.2 Å². The van der Waals surface area contributed by atoms with Gasteiger partial charge in [-0.05, 0) is 29.8 Å². The van der Waals surface area contributed by atoms with Crippen molar-refractivity contribution in [3.05, 3.63) is 83.3 Å². The third-order valence-corrected chi connectivity index (χ3v) is 5.11. The van der Waals surface area contributed by atoms with Crippen LogP contribution in [0.1, 0.15) is 27.5 Å². The highest BCUT2D eigenvalue weighted by molar-refractivity contribution is 5.98. The van der Waals surface area contributed by atoms with E-state index in [0.29, 0.717) is 11.1 Å². The van der Waals surface area contributed by atoms with Crippen LogP contribution in [0.3, 0.4) is 0 Å². The van der Waals surface area contributed by atoms with Crippen molar-refractivity contribution >= 4 is 22.8 Å². The van der Waals surface area contributed by atoms with Crippen LogP contribution < -0.4 is 10.6 Å². The van der Waals surface area contributed by atoms with Gasteiger partial charge in [0.1, 0.15) is 17.7 Å². The van der Waals surface area contributed by atoms with Gasteiger partial charge in [-0.2, -0.15) is 5.10 Å². The number of nitrogens with one attached hydrogen (secondary N) is 2. The summed E-state index contributed by atoms with van der Waals surface area (Å²) in [5.41, 5.74) is 1.30. The second-order valence-corrected chi connectivity index (χ2v) is 7.54. The second kappa shape index (κ2) is 9.64. The normalized spacial score (nSPS) is 12.7. The van der Waals surface area contributed by atoms with Gasteiger partial charge in [-0.1, -0.05) is 18.1 Å². The zero-order valence-corrected chi connectivity index (χ0v) is 18.0. The van der Waals surface area contributed by atoms with Gasteiger partial charge in [-0.3, -0.25) is 9.48 Å². The fourth-order valence-corrected chi connectivity index (χ4v) is 3.44. The minimum Gasteiger partial charge on any atom is -0.393 e. The SMILES string of the molecule is C#C[C@@H](CO)Nc1ncc2c(F)cc(C(=O)N[C@@H](c3cccc(F)c3)c3cnn(C)c3)cc2n1. The zero-order chi connectivity index (χ0) is 24.2. The number of anilines is 1. The predicted molar refractivity (Wildman–Crippen MR) is 122 cm³/mol. The second-order valence-electron chi connectivity index (χ2n) is 7.54. The van der Waals surface area contributed by atoms with E-state index in [-0.39, 0.29) is 29.0 Å². The molecule has 0 unspecified atom stereocenters. The predicted octanol–water partition coefficient (Wildman–Crippen LogP) is 2.57. The number of terminal acetylenes is 1. The lowest BCUT2D eigenvalue weighted by Gasteiger charge is -2.18. The number of benzene rings is 2. The maximum absolute atomic E-state index is 14.8. The number of carbonyl (C=O) groups excluding carboxylic acids is 1. The lowest BCUT2D eigenvalue weighted by molar-refractivity contribution is 0.0942. The maximum atomic E-state index is 14.8. The summed E-state index contributed by atoms with van der Waals surface area (Å²) < 4.78 is 30.2. The van der Waals surface area contributed by atoms with Gasteiger partial charge in [0, 0.05) is 30.6 Å². The standard InChI is InChI=1S/C24H20F2N6O2/c1-3-18(13-33)29-24-27-11-19-20(26)8-15(9-21(19)30-24)23(34)31-22(16-10-28-32(2)12-16)14-5-4-6-17(25)7-14/h1,4-12,18,22,33H,13H2,2H3,(H,31,34)(H,27,29,30)/t18-,22-/m0/s1. The van der Waals surface area contributed by atoms with Gasteiger partial charge in [0.15, 0.2) is 0 Å². The number of aromatic nitrogens is 4. The molecule has 0 spiro atoms. The van der Waals surface area contributed by atoms with Gasteiger partial charge in [0.05, 0.1) is 29.7 Å². The third-order valence-electron chi connectivity index (χ3n) is 5.11. The molecule has 4 rings (SSSR count). The number of fused-ring (bicyclic) bond motifs is 1. The molecule has 0 aliphatic rings. The van der Waals surface area contributed by atoms with E-state index in [2.05, 4.69) is 31.6 Å². The molecule has 0 saturated heterocycles. The van der Waals surface area contributed by atoms with Gasteiger partial charge in [-0.25, -0.2) is 18.7 Å². The Labute approximate surface area is 193 Å². The molecule has 0 bridgehead atoms. The highest BCUT2D eigenvalue weighted by Gasteiger charge is 2.21. The molecular weight excluding hydrogens is 442 g/mol. The van der Waals surface area contributed by atoms with Crippen LogP contribution in [-0.2, 0) is 7.05 Å². The van der Waals surface area contributed by atoms with E-state index in [0.717, 1.165) is 6.07 Å². The Morgan fingerprint density at radius 1 is 1.24 bits per heavy atom. The summed E-state index contributed by atoms with van der Waals surface area (Å²) in [5, 5.41) is 19.0. The van der Waals surface area contributed by atoms with Gasteiger partial charge in [0.25, 0.3) is 5.91 Å². The van der Waals surface area contributed by atoms with Crippen LogP contribution in [-0.4, -0.2) is 43.4 Å².